The van der Waals surface area contributed by atoms with Crippen LogP contribution in [0.15, 0.2) is 18.2 Å². The molecule has 1 aromatic carbocycles. The van der Waals surface area contributed by atoms with Gasteiger partial charge in [-0.25, -0.2) is 0 Å². The quantitative estimate of drug-likeness (QED) is 0.857. The van der Waals surface area contributed by atoms with Crippen LogP contribution < -0.4 is 14.8 Å². The average Bonchev–Trinajstić information content (AvgIpc) is 2.47. The van der Waals surface area contributed by atoms with Crippen LogP contribution in [0.1, 0.15) is 25.3 Å². The smallest absolute Gasteiger partial charge is 0.124 e. The van der Waals surface area contributed by atoms with Crippen LogP contribution in [-0.4, -0.2) is 33.0 Å². The fourth-order valence-electron chi connectivity index (χ4n) is 2.18. The Bertz CT molecular complexity index is 389. The minimum atomic E-state index is 0.169. The minimum absolute atomic E-state index is 0.169. The van der Waals surface area contributed by atoms with Gasteiger partial charge in [-0.3, -0.25) is 0 Å². The maximum atomic E-state index is 6.06. The molecule has 1 N–H and O–H groups in total. The normalized spacial score (nSPS) is 19.2. The molecule has 106 valence electrons. The Kier molecular flexibility index (Phi) is 5.48. The van der Waals surface area contributed by atoms with Crippen molar-refractivity contribution in [1.29, 1.82) is 0 Å². The molecule has 0 saturated carbocycles. The van der Waals surface area contributed by atoms with Gasteiger partial charge in [-0.05, 0) is 37.6 Å². The average molecular weight is 265 g/mol. The highest BCUT2D eigenvalue weighted by atomic mass is 16.5. The Morgan fingerprint density at radius 3 is 3.00 bits per heavy atom. The lowest BCUT2D eigenvalue weighted by atomic mass is 10.1. The number of ether oxygens (including phenoxy) is 3. The van der Waals surface area contributed by atoms with E-state index in [1.54, 1.807) is 7.11 Å². The van der Waals surface area contributed by atoms with E-state index in [2.05, 4.69) is 12.2 Å². The first-order valence-electron chi connectivity index (χ1n) is 6.95. The van der Waals surface area contributed by atoms with E-state index in [1.165, 1.54) is 0 Å². The van der Waals surface area contributed by atoms with Crippen LogP contribution in [0.4, 0.5) is 0 Å². The van der Waals surface area contributed by atoms with Crippen molar-refractivity contribution in [3.8, 4) is 11.5 Å². The van der Waals surface area contributed by atoms with Crippen LogP contribution in [0.3, 0.4) is 0 Å². The number of nitrogens with one attached hydrogen (secondary N) is 1. The maximum absolute atomic E-state index is 6.06. The first kappa shape index (κ1) is 14.2. The van der Waals surface area contributed by atoms with E-state index in [0.717, 1.165) is 49.6 Å². The van der Waals surface area contributed by atoms with Crippen LogP contribution in [-0.2, 0) is 11.3 Å². The molecule has 1 unspecified atom stereocenters. The Morgan fingerprint density at radius 2 is 2.32 bits per heavy atom. The fourth-order valence-corrected chi connectivity index (χ4v) is 2.18. The van der Waals surface area contributed by atoms with Gasteiger partial charge in [-0.15, -0.1) is 0 Å². The van der Waals surface area contributed by atoms with E-state index in [9.17, 15) is 0 Å². The van der Waals surface area contributed by atoms with Gasteiger partial charge < -0.3 is 19.5 Å². The first-order valence-corrected chi connectivity index (χ1v) is 6.95. The van der Waals surface area contributed by atoms with Crippen molar-refractivity contribution < 1.29 is 14.2 Å². The van der Waals surface area contributed by atoms with Gasteiger partial charge in [-0.2, -0.15) is 0 Å². The number of rotatable bonds is 6. The number of hydrogen-bond donors (Lipinski definition) is 1. The first-order chi connectivity index (χ1) is 9.33. The topological polar surface area (TPSA) is 39.7 Å². The highest BCUT2D eigenvalue weighted by Gasteiger charge is 2.17. The molecule has 0 radical (unpaired) electrons. The van der Waals surface area contributed by atoms with Gasteiger partial charge in [0.15, 0.2) is 0 Å². The van der Waals surface area contributed by atoms with E-state index in [-0.39, 0.29) is 6.10 Å². The largest absolute Gasteiger partial charge is 0.497 e. The van der Waals surface area contributed by atoms with Gasteiger partial charge in [0.05, 0.1) is 13.7 Å². The third-order valence-corrected chi connectivity index (χ3v) is 3.25. The summed E-state index contributed by atoms with van der Waals surface area (Å²) in [5, 5.41) is 3.33. The SMILES string of the molecule is CCNCc1cc(OC)ccc1OC1CCCOC1. The Balaban J connectivity index is 2.07. The molecular weight excluding hydrogens is 242 g/mol. The highest BCUT2D eigenvalue weighted by molar-refractivity contribution is 5.40. The Labute approximate surface area is 115 Å². The Hall–Kier alpha value is -1.26. The second-order valence-corrected chi connectivity index (χ2v) is 4.71. The van der Waals surface area contributed by atoms with Crippen LogP contribution in [0.5, 0.6) is 11.5 Å². The summed E-state index contributed by atoms with van der Waals surface area (Å²) in [5.74, 6) is 1.79. The monoisotopic (exact) mass is 265 g/mol. The van der Waals surface area contributed by atoms with Gasteiger partial charge in [0.2, 0.25) is 0 Å². The molecule has 0 spiro atoms. The van der Waals surface area contributed by atoms with E-state index in [0.29, 0.717) is 6.61 Å². The van der Waals surface area contributed by atoms with Gasteiger partial charge in [0.1, 0.15) is 17.6 Å². The number of methoxy groups -OCH3 is 1. The molecule has 1 heterocycles. The van der Waals surface area contributed by atoms with E-state index in [1.807, 2.05) is 18.2 Å². The summed E-state index contributed by atoms with van der Waals surface area (Å²) in [4.78, 5) is 0. The van der Waals surface area contributed by atoms with E-state index >= 15 is 0 Å². The summed E-state index contributed by atoms with van der Waals surface area (Å²) >= 11 is 0. The van der Waals surface area contributed by atoms with Crippen molar-refractivity contribution in [3.05, 3.63) is 23.8 Å². The van der Waals surface area contributed by atoms with Crippen molar-refractivity contribution >= 4 is 0 Å². The number of hydrogen-bond acceptors (Lipinski definition) is 4. The molecule has 0 aliphatic carbocycles. The lowest BCUT2D eigenvalue weighted by Crippen LogP contribution is -2.28. The zero-order chi connectivity index (χ0) is 13.5. The lowest BCUT2D eigenvalue weighted by Gasteiger charge is -2.24. The molecular formula is C15H23NO3. The molecule has 0 aromatic heterocycles. The molecule has 1 fully saturated rings. The summed E-state index contributed by atoms with van der Waals surface area (Å²) in [7, 11) is 1.68. The molecule has 1 atom stereocenters. The van der Waals surface area contributed by atoms with Crippen LogP contribution >= 0.6 is 0 Å². The summed E-state index contributed by atoms with van der Waals surface area (Å²) in [6.45, 7) is 5.36. The second-order valence-electron chi connectivity index (χ2n) is 4.71. The predicted molar refractivity (Wildman–Crippen MR) is 74.8 cm³/mol. The van der Waals surface area contributed by atoms with E-state index in [4.69, 9.17) is 14.2 Å². The predicted octanol–water partition coefficient (Wildman–Crippen LogP) is 2.36. The van der Waals surface area contributed by atoms with Gasteiger partial charge in [0, 0.05) is 18.7 Å². The molecule has 19 heavy (non-hydrogen) atoms. The summed E-state index contributed by atoms with van der Waals surface area (Å²) in [6.07, 6.45) is 2.30. The molecule has 0 bridgehead atoms. The van der Waals surface area contributed by atoms with Gasteiger partial charge in [-0.1, -0.05) is 6.92 Å². The third-order valence-electron chi connectivity index (χ3n) is 3.25. The molecule has 2 rings (SSSR count). The minimum Gasteiger partial charge on any atom is -0.497 e. The zero-order valence-electron chi connectivity index (χ0n) is 11.8. The van der Waals surface area contributed by atoms with Crippen molar-refractivity contribution in [2.45, 2.75) is 32.4 Å². The van der Waals surface area contributed by atoms with Crippen LogP contribution in [0, 0.1) is 0 Å². The van der Waals surface area contributed by atoms with Gasteiger partial charge >= 0.3 is 0 Å². The standard InChI is InChI=1S/C15H23NO3/c1-3-16-10-12-9-13(17-2)6-7-15(12)19-14-5-4-8-18-11-14/h6-7,9,14,16H,3-5,8,10-11H2,1-2H3. The van der Waals surface area contributed by atoms with Crippen molar-refractivity contribution in [2.24, 2.45) is 0 Å². The van der Waals surface area contributed by atoms with Crippen molar-refractivity contribution in [2.75, 3.05) is 26.9 Å². The third kappa shape index (κ3) is 4.11. The fraction of sp³-hybridized carbons (Fsp3) is 0.600. The summed E-state index contributed by atoms with van der Waals surface area (Å²) < 4.78 is 16.8. The Morgan fingerprint density at radius 1 is 1.42 bits per heavy atom. The molecule has 1 aliphatic heterocycles. The summed E-state index contributed by atoms with van der Waals surface area (Å²) in [6, 6.07) is 5.95. The molecule has 1 aromatic rings. The second kappa shape index (κ2) is 7.36. The van der Waals surface area contributed by atoms with Crippen molar-refractivity contribution in [3.63, 3.8) is 0 Å². The molecule has 4 nitrogen and oxygen atoms in total. The van der Waals surface area contributed by atoms with Gasteiger partial charge in [0.25, 0.3) is 0 Å². The maximum Gasteiger partial charge on any atom is 0.124 e. The molecule has 4 heteroatoms. The van der Waals surface area contributed by atoms with E-state index < -0.39 is 0 Å². The number of benzene rings is 1. The highest BCUT2D eigenvalue weighted by Crippen LogP contribution is 2.26. The molecule has 1 saturated heterocycles. The lowest BCUT2D eigenvalue weighted by molar-refractivity contribution is 0.00699. The van der Waals surface area contributed by atoms with Crippen LogP contribution in [0.2, 0.25) is 0 Å². The van der Waals surface area contributed by atoms with Crippen molar-refractivity contribution in [1.82, 2.24) is 5.32 Å². The molecule has 1 aliphatic rings. The molecule has 0 amide bonds. The van der Waals surface area contributed by atoms with Crippen LogP contribution in [0.25, 0.3) is 0 Å². The summed E-state index contributed by atoms with van der Waals surface area (Å²) in [5.41, 5.74) is 1.13. The zero-order valence-corrected chi connectivity index (χ0v) is 11.8.